The van der Waals surface area contributed by atoms with Crippen LogP contribution in [-0.2, 0) is 27.8 Å². The topological polar surface area (TPSA) is 60.9 Å². The molecule has 0 unspecified atom stereocenters. The summed E-state index contributed by atoms with van der Waals surface area (Å²) >= 11 is 3.55. The van der Waals surface area contributed by atoms with Crippen LogP contribution in [0.4, 0.5) is 5.69 Å². The van der Waals surface area contributed by atoms with E-state index in [2.05, 4.69) is 15.9 Å². The average molecular weight is 480 g/mol. The van der Waals surface area contributed by atoms with Gasteiger partial charge < -0.3 is 4.90 Å². The maximum Gasteiger partial charge on any atom is 0.242 e. The zero-order chi connectivity index (χ0) is 21.2. The summed E-state index contributed by atoms with van der Waals surface area (Å²) in [6, 6.07) is 13.0. The van der Waals surface area contributed by atoms with Gasteiger partial charge in [0.1, 0.15) is 0 Å². The first-order valence-electron chi connectivity index (χ1n) is 9.48. The van der Waals surface area contributed by atoms with Gasteiger partial charge >= 0.3 is 0 Å². The van der Waals surface area contributed by atoms with Crippen LogP contribution in [0.15, 0.2) is 51.8 Å². The van der Waals surface area contributed by atoms with E-state index in [0.29, 0.717) is 19.6 Å². The molecule has 0 radical (unpaired) electrons. The number of amides is 1. The van der Waals surface area contributed by atoms with E-state index >= 15 is 0 Å². The number of hydrogen-bond acceptors (Lipinski definition) is 4. The molecule has 0 atom stereocenters. The lowest BCUT2D eigenvalue weighted by Gasteiger charge is -2.31. The van der Waals surface area contributed by atoms with Crippen LogP contribution in [0.5, 0.6) is 0 Å². The fourth-order valence-electron chi connectivity index (χ4n) is 3.49. The summed E-state index contributed by atoms with van der Waals surface area (Å²) < 4.78 is 27.1. The Bertz CT molecular complexity index is 1010. The largest absolute Gasteiger partial charge is 0.311 e. The van der Waals surface area contributed by atoms with E-state index in [1.54, 1.807) is 23.1 Å². The minimum absolute atomic E-state index is 0.0173. The van der Waals surface area contributed by atoms with Crippen molar-refractivity contribution >= 4 is 37.5 Å². The third-order valence-corrected chi connectivity index (χ3v) is 7.64. The van der Waals surface area contributed by atoms with Gasteiger partial charge in [0.25, 0.3) is 0 Å². The van der Waals surface area contributed by atoms with Crippen molar-refractivity contribution in [1.82, 2.24) is 9.21 Å². The summed E-state index contributed by atoms with van der Waals surface area (Å²) in [4.78, 5) is 17.0. The molecule has 0 bridgehead atoms. The number of fused-ring (bicyclic) bond motifs is 1. The number of nitrogens with zero attached hydrogens (tertiary/aromatic N) is 3. The number of sulfonamides is 1. The lowest BCUT2D eigenvalue weighted by molar-refractivity contribution is -0.119. The van der Waals surface area contributed by atoms with Crippen LogP contribution in [0.3, 0.4) is 0 Å². The average Bonchev–Trinajstić information content (AvgIpc) is 2.68. The molecule has 29 heavy (non-hydrogen) atoms. The van der Waals surface area contributed by atoms with Crippen LogP contribution in [0.25, 0.3) is 0 Å². The zero-order valence-corrected chi connectivity index (χ0v) is 19.3. The van der Waals surface area contributed by atoms with E-state index in [9.17, 15) is 13.2 Å². The van der Waals surface area contributed by atoms with Gasteiger partial charge in [0.15, 0.2) is 0 Å². The van der Waals surface area contributed by atoms with Gasteiger partial charge in [0, 0.05) is 37.3 Å². The molecule has 0 aromatic heterocycles. The van der Waals surface area contributed by atoms with Crippen molar-refractivity contribution in [2.75, 3.05) is 39.1 Å². The summed E-state index contributed by atoms with van der Waals surface area (Å²) in [5, 5.41) is 0. The molecule has 0 spiro atoms. The minimum atomic E-state index is -3.49. The third-order valence-electron chi connectivity index (χ3n) is 5.05. The van der Waals surface area contributed by atoms with Crippen molar-refractivity contribution in [2.45, 2.75) is 24.3 Å². The monoisotopic (exact) mass is 479 g/mol. The molecular weight excluding hydrogens is 454 g/mol. The first kappa shape index (κ1) is 22.0. The van der Waals surface area contributed by atoms with Crippen molar-refractivity contribution in [3.8, 4) is 0 Å². The third kappa shape index (κ3) is 4.88. The quantitative estimate of drug-likeness (QED) is 0.638. The van der Waals surface area contributed by atoms with Gasteiger partial charge in [-0.15, -0.1) is 0 Å². The Hall–Kier alpha value is -1.74. The van der Waals surface area contributed by atoms with Crippen molar-refractivity contribution in [2.24, 2.45) is 0 Å². The molecule has 1 heterocycles. The summed E-state index contributed by atoms with van der Waals surface area (Å²) in [5.41, 5.74) is 2.84. The van der Waals surface area contributed by atoms with Crippen LogP contribution in [0.2, 0.25) is 0 Å². The number of likely N-dealkylation sites (N-methyl/N-ethyl adjacent to an activating group) is 1. The van der Waals surface area contributed by atoms with Crippen LogP contribution in [-0.4, -0.2) is 57.8 Å². The van der Waals surface area contributed by atoms with Crippen molar-refractivity contribution in [1.29, 1.82) is 0 Å². The van der Waals surface area contributed by atoms with E-state index in [1.807, 2.05) is 36.2 Å². The van der Waals surface area contributed by atoms with E-state index in [1.165, 1.54) is 18.4 Å². The molecule has 8 heteroatoms. The Kier molecular flexibility index (Phi) is 6.78. The number of anilines is 1. The van der Waals surface area contributed by atoms with Crippen LogP contribution < -0.4 is 4.90 Å². The normalized spacial score (nSPS) is 14.3. The predicted molar refractivity (Wildman–Crippen MR) is 118 cm³/mol. The summed E-state index contributed by atoms with van der Waals surface area (Å²) in [7, 11) is 1.48. The van der Waals surface area contributed by atoms with E-state index in [0.717, 1.165) is 34.1 Å². The standard InChI is InChI=1S/C21H26BrN3O3S/c1-23(2)29(27,28)18-10-11-20-16(13-18)8-6-12-25(20)21(26)15-24(3)14-17-7-4-5-9-19(17)22/h4-5,7,9-11,13H,6,8,12,14-15H2,1-3H3. The molecule has 0 saturated carbocycles. The molecule has 0 N–H and O–H groups in total. The second-order valence-electron chi connectivity index (χ2n) is 7.49. The second kappa shape index (κ2) is 8.95. The van der Waals surface area contributed by atoms with Crippen LogP contribution in [0, 0.1) is 0 Å². The molecule has 156 valence electrons. The van der Waals surface area contributed by atoms with Crippen molar-refractivity contribution < 1.29 is 13.2 Å². The van der Waals surface area contributed by atoms with E-state index in [-0.39, 0.29) is 10.8 Å². The highest BCUT2D eigenvalue weighted by atomic mass is 79.9. The number of aryl methyl sites for hydroxylation is 1. The van der Waals surface area contributed by atoms with Crippen molar-refractivity contribution in [3.05, 3.63) is 58.1 Å². The second-order valence-corrected chi connectivity index (χ2v) is 10.5. The molecule has 6 nitrogen and oxygen atoms in total. The Morgan fingerprint density at radius 1 is 1.14 bits per heavy atom. The molecular formula is C21H26BrN3O3S. The fraction of sp³-hybridized carbons (Fsp3) is 0.381. The molecule has 1 aliphatic heterocycles. The lowest BCUT2D eigenvalue weighted by Crippen LogP contribution is -2.41. The smallest absolute Gasteiger partial charge is 0.242 e. The first-order valence-corrected chi connectivity index (χ1v) is 11.7. The van der Waals surface area contributed by atoms with Gasteiger partial charge in [-0.1, -0.05) is 34.1 Å². The highest BCUT2D eigenvalue weighted by Crippen LogP contribution is 2.30. The maximum absolute atomic E-state index is 13.0. The highest BCUT2D eigenvalue weighted by molar-refractivity contribution is 9.10. The Morgan fingerprint density at radius 3 is 2.55 bits per heavy atom. The molecule has 1 amide bonds. The molecule has 1 aliphatic rings. The van der Waals surface area contributed by atoms with E-state index in [4.69, 9.17) is 0 Å². The minimum Gasteiger partial charge on any atom is -0.311 e. The van der Waals surface area contributed by atoms with Gasteiger partial charge in [0.2, 0.25) is 15.9 Å². The summed E-state index contributed by atoms with van der Waals surface area (Å²) in [5.74, 6) is 0.0173. The molecule has 2 aromatic carbocycles. The molecule has 0 saturated heterocycles. The fourth-order valence-corrected chi connectivity index (χ4v) is 4.86. The number of halogens is 1. The number of hydrogen-bond donors (Lipinski definition) is 0. The predicted octanol–water partition coefficient (Wildman–Crippen LogP) is 3.11. The number of carbonyl (C=O) groups excluding carboxylic acids is 1. The van der Waals surface area contributed by atoms with Gasteiger partial charge in [-0.25, -0.2) is 12.7 Å². The van der Waals surface area contributed by atoms with Gasteiger partial charge in [-0.3, -0.25) is 9.69 Å². The van der Waals surface area contributed by atoms with Gasteiger partial charge in [0.05, 0.1) is 11.4 Å². The van der Waals surface area contributed by atoms with Crippen LogP contribution in [0.1, 0.15) is 17.5 Å². The Labute approximate surface area is 181 Å². The molecule has 3 rings (SSSR count). The maximum atomic E-state index is 13.0. The van der Waals surface area contributed by atoms with Gasteiger partial charge in [-0.05, 0) is 55.3 Å². The van der Waals surface area contributed by atoms with Crippen molar-refractivity contribution in [3.63, 3.8) is 0 Å². The molecule has 2 aromatic rings. The highest BCUT2D eigenvalue weighted by Gasteiger charge is 2.26. The molecule has 0 aliphatic carbocycles. The summed E-state index contributed by atoms with van der Waals surface area (Å²) in [6.07, 6.45) is 1.58. The molecule has 0 fully saturated rings. The summed E-state index contributed by atoms with van der Waals surface area (Å²) in [6.45, 7) is 1.60. The zero-order valence-electron chi connectivity index (χ0n) is 16.9. The Morgan fingerprint density at radius 2 is 1.86 bits per heavy atom. The SMILES string of the molecule is CN(CC(=O)N1CCCc2cc(S(=O)(=O)N(C)C)ccc21)Cc1ccccc1Br. The number of benzene rings is 2. The first-order chi connectivity index (χ1) is 13.7. The Balaban J connectivity index is 1.76. The number of rotatable bonds is 6. The van der Waals surface area contributed by atoms with E-state index < -0.39 is 10.0 Å². The van der Waals surface area contributed by atoms with Gasteiger partial charge in [-0.2, -0.15) is 0 Å². The lowest BCUT2D eigenvalue weighted by atomic mass is 10.0. The van der Waals surface area contributed by atoms with Crippen LogP contribution >= 0.6 is 15.9 Å². The number of carbonyl (C=O) groups is 1.